The maximum absolute atomic E-state index is 12.8. The monoisotopic (exact) mass is 440 g/mol. The number of carbonyl (C=O) groups excluding carboxylic acids is 1. The third-order valence-corrected chi connectivity index (χ3v) is 5.43. The molecule has 0 unspecified atom stereocenters. The lowest BCUT2D eigenvalue weighted by molar-refractivity contribution is -0.385. The fraction of sp³-hybridized carbons (Fsp3) is 0.158. The smallest absolute Gasteiger partial charge is 0.311 e. The number of carbonyl (C=O) groups is 1. The van der Waals surface area contributed by atoms with Crippen molar-refractivity contribution in [1.29, 1.82) is 0 Å². The summed E-state index contributed by atoms with van der Waals surface area (Å²) in [6, 6.07) is 9.22. The zero-order chi connectivity index (χ0) is 22.1. The first-order valence-electron chi connectivity index (χ1n) is 8.92. The fourth-order valence-electron chi connectivity index (χ4n) is 2.94. The van der Waals surface area contributed by atoms with E-state index in [1.165, 1.54) is 37.7 Å². The molecular formula is C19H16N6O5S. The second-order valence-electron chi connectivity index (χ2n) is 6.36. The molecular weight excluding hydrogens is 424 g/mol. The molecule has 4 aromatic rings. The van der Waals surface area contributed by atoms with Gasteiger partial charge in [0.25, 0.3) is 5.91 Å². The van der Waals surface area contributed by atoms with E-state index in [1.807, 2.05) is 6.07 Å². The molecule has 0 saturated carbocycles. The highest BCUT2D eigenvalue weighted by molar-refractivity contribution is 7.19. The van der Waals surface area contributed by atoms with Crippen LogP contribution in [0.1, 0.15) is 16.2 Å². The van der Waals surface area contributed by atoms with Crippen LogP contribution in [-0.2, 0) is 0 Å². The highest BCUT2D eigenvalue weighted by atomic mass is 32.1. The summed E-state index contributed by atoms with van der Waals surface area (Å²) in [5.41, 5.74) is 0.943. The molecule has 1 amide bonds. The number of hydrogen-bond donors (Lipinski definition) is 1. The first-order valence-corrected chi connectivity index (χ1v) is 9.74. The van der Waals surface area contributed by atoms with Gasteiger partial charge in [0.1, 0.15) is 10.8 Å². The molecule has 2 aromatic heterocycles. The van der Waals surface area contributed by atoms with Crippen molar-refractivity contribution < 1.29 is 19.2 Å². The van der Waals surface area contributed by atoms with Crippen LogP contribution < -0.4 is 14.8 Å². The van der Waals surface area contributed by atoms with Crippen molar-refractivity contribution in [2.45, 2.75) is 6.92 Å². The van der Waals surface area contributed by atoms with Gasteiger partial charge in [-0.3, -0.25) is 14.9 Å². The Morgan fingerprint density at radius 2 is 1.87 bits per heavy atom. The molecule has 0 aliphatic carbocycles. The summed E-state index contributed by atoms with van der Waals surface area (Å²) in [5.74, 6) is 0.634. The molecule has 31 heavy (non-hydrogen) atoms. The number of aromatic nitrogens is 4. The largest absolute Gasteiger partial charge is 0.495 e. The van der Waals surface area contributed by atoms with E-state index in [0.29, 0.717) is 27.2 Å². The molecule has 0 spiro atoms. The van der Waals surface area contributed by atoms with E-state index in [9.17, 15) is 14.9 Å². The van der Waals surface area contributed by atoms with Gasteiger partial charge in [-0.15, -0.1) is 10.2 Å². The van der Waals surface area contributed by atoms with E-state index in [-0.39, 0.29) is 17.0 Å². The summed E-state index contributed by atoms with van der Waals surface area (Å²) in [7, 11) is 2.81. The van der Waals surface area contributed by atoms with E-state index in [4.69, 9.17) is 9.47 Å². The first-order chi connectivity index (χ1) is 14.9. The third kappa shape index (κ3) is 3.75. The number of hydrogen-bond acceptors (Lipinski definition) is 9. The molecule has 0 aliphatic rings. The van der Waals surface area contributed by atoms with Gasteiger partial charge < -0.3 is 14.8 Å². The predicted octanol–water partition coefficient (Wildman–Crippen LogP) is 3.34. The fourth-order valence-corrected chi connectivity index (χ4v) is 3.82. The van der Waals surface area contributed by atoms with Crippen LogP contribution in [0.2, 0.25) is 0 Å². The second kappa shape index (κ2) is 7.99. The lowest BCUT2D eigenvalue weighted by Gasteiger charge is -2.12. The number of aryl methyl sites for hydroxylation is 1. The number of amides is 1. The van der Waals surface area contributed by atoms with Crippen LogP contribution >= 0.6 is 11.3 Å². The number of ether oxygens (including phenoxy) is 2. The van der Waals surface area contributed by atoms with Gasteiger partial charge in [0.2, 0.25) is 4.96 Å². The summed E-state index contributed by atoms with van der Waals surface area (Å²) in [6.07, 6.45) is 0. The summed E-state index contributed by atoms with van der Waals surface area (Å²) < 4.78 is 12.0. The Labute approximate surface area is 179 Å². The number of nitro benzene ring substituents is 1. The number of rotatable bonds is 6. The van der Waals surface area contributed by atoms with Gasteiger partial charge in [-0.05, 0) is 37.3 Å². The van der Waals surface area contributed by atoms with Crippen LogP contribution in [-0.4, -0.2) is 44.9 Å². The minimum absolute atomic E-state index is 0.0692. The molecule has 0 fully saturated rings. The highest BCUT2D eigenvalue weighted by Crippen LogP contribution is 2.34. The van der Waals surface area contributed by atoms with Crippen molar-refractivity contribution in [2.75, 3.05) is 19.5 Å². The van der Waals surface area contributed by atoms with Gasteiger partial charge >= 0.3 is 5.69 Å². The molecule has 1 N–H and O–H groups in total. The van der Waals surface area contributed by atoms with Crippen LogP contribution in [0.3, 0.4) is 0 Å². The lowest BCUT2D eigenvalue weighted by Crippen LogP contribution is -2.13. The molecule has 12 heteroatoms. The summed E-state index contributed by atoms with van der Waals surface area (Å²) >= 11 is 1.35. The second-order valence-corrected chi connectivity index (χ2v) is 7.32. The maximum Gasteiger partial charge on any atom is 0.311 e. The Hall–Kier alpha value is -4.06. The maximum atomic E-state index is 12.8. The van der Waals surface area contributed by atoms with Crippen molar-refractivity contribution in [2.24, 2.45) is 0 Å². The quantitative estimate of drug-likeness (QED) is 0.356. The number of nitrogens with zero attached hydrogens (tertiary/aromatic N) is 5. The Balaban J connectivity index is 1.67. The van der Waals surface area contributed by atoms with E-state index < -0.39 is 10.8 Å². The summed E-state index contributed by atoms with van der Waals surface area (Å²) in [6.45, 7) is 1.80. The molecule has 158 valence electrons. The molecule has 0 bridgehead atoms. The molecule has 11 nitrogen and oxygen atoms in total. The van der Waals surface area contributed by atoms with Crippen molar-refractivity contribution >= 4 is 33.6 Å². The Bertz CT molecular complexity index is 1310. The highest BCUT2D eigenvalue weighted by Gasteiger charge is 2.20. The molecule has 4 rings (SSSR count). The molecule has 0 aliphatic heterocycles. The standard InChI is InChI=1S/C19H16N6O5S/c1-10-21-22-19-24(10)23-18(31-19)12-5-6-15(29-2)13(8-12)20-17(26)11-4-7-16(30-3)14(9-11)25(27)28/h4-9H,1-3H3,(H,20,26). The zero-order valence-electron chi connectivity index (χ0n) is 16.6. The average Bonchev–Trinajstić information content (AvgIpc) is 3.35. The van der Waals surface area contributed by atoms with Crippen molar-refractivity contribution in [1.82, 2.24) is 19.8 Å². The molecule has 2 heterocycles. The van der Waals surface area contributed by atoms with E-state index >= 15 is 0 Å². The Morgan fingerprint density at radius 1 is 1.13 bits per heavy atom. The third-order valence-electron chi connectivity index (χ3n) is 4.48. The van der Waals surface area contributed by atoms with Crippen LogP contribution in [0.4, 0.5) is 11.4 Å². The van der Waals surface area contributed by atoms with Crippen molar-refractivity contribution in [3.63, 3.8) is 0 Å². The van der Waals surface area contributed by atoms with Gasteiger partial charge in [0.05, 0.1) is 24.8 Å². The SMILES string of the molecule is COc1ccc(-c2nn3c(C)nnc3s2)cc1NC(=O)c1ccc(OC)c([N+](=O)[O-])c1. The number of anilines is 1. The minimum Gasteiger partial charge on any atom is -0.495 e. The first kappa shape index (κ1) is 20.2. The minimum atomic E-state index is -0.605. The van der Waals surface area contributed by atoms with Gasteiger partial charge in [0, 0.05) is 17.2 Å². The lowest BCUT2D eigenvalue weighted by atomic mass is 10.1. The topological polar surface area (TPSA) is 134 Å². The van der Waals surface area contributed by atoms with Gasteiger partial charge in [-0.2, -0.15) is 9.61 Å². The van der Waals surface area contributed by atoms with E-state index in [2.05, 4.69) is 20.6 Å². The molecule has 0 saturated heterocycles. The van der Waals surface area contributed by atoms with Gasteiger partial charge in [0.15, 0.2) is 11.6 Å². The predicted molar refractivity (Wildman–Crippen MR) is 113 cm³/mol. The van der Waals surface area contributed by atoms with Gasteiger partial charge in [-0.1, -0.05) is 11.3 Å². The summed E-state index contributed by atoms with van der Waals surface area (Å²) in [4.78, 5) is 24.1. The van der Waals surface area contributed by atoms with Crippen molar-refractivity contribution in [3.8, 4) is 22.1 Å². The molecule has 0 radical (unpaired) electrons. The van der Waals surface area contributed by atoms with Crippen molar-refractivity contribution in [3.05, 3.63) is 57.9 Å². The van der Waals surface area contributed by atoms with E-state index in [1.54, 1.807) is 23.6 Å². The Morgan fingerprint density at radius 3 is 2.55 bits per heavy atom. The molecule has 0 atom stereocenters. The van der Waals surface area contributed by atoms with E-state index in [0.717, 1.165) is 11.6 Å². The number of nitrogens with one attached hydrogen (secondary N) is 1. The van der Waals surface area contributed by atoms with Crippen LogP contribution in [0, 0.1) is 17.0 Å². The van der Waals surface area contributed by atoms with Gasteiger partial charge in [-0.25, -0.2) is 0 Å². The molecule has 2 aromatic carbocycles. The Kier molecular flexibility index (Phi) is 5.21. The number of fused-ring (bicyclic) bond motifs is 1. The number of methoxy groups -OCH3 is 2. The number of nitro groups is 1. The zero-order valence-corrected chi connectivity index (χ0v) is 17.5. The number of benzene rings is 2. The average molecular weight is 440 g/mol. The normalized spacial score (nSPS) is 10.8. The van der Waals surface area contributed by atoms with Crippen LogP contribution in [0.5, 0.6) is 11.5 Å². The summed E-state index contributed by atoms with van der Waals surface area (Å²) in [5, 5.41) is 27.2. The van der Waals surface area contributed by atoms with Crippen LogP contribution in [0.25, 0.3) is 15.5 Å². The van der Waals surface area contributed by atoms with Crippen LogP contribution in [0.15, 0.2) is 36.4 Å².